The first-order valence-corrected chi connectivity index (χ1v) is 8.84. The lowest BCUT2D eigenvalue weighted by Gasteiger charge is -2.32. The second kappa shape index (κ2) is 5.25. The van der Waals surface area contributed by atoms with Crippen molar-refractivity contribution in [1.82, 2.24) is 9.97 Å². The van der Waals surface area contributed by atoms with Gasteiger partial charge in [-0.1, -0.05) is 12.8 Å². The lowest BCUT2D eigenvalue weighted by Crippen LogP contribution is -2.29. The van der Waals surface area contributed by atoms with Gasteiger partial charge in [-0.3, -0.25) is 8.51 Å². The van der Waals surface area contributed by atoms with E-state index in [1.54, 1.807) is 24.4 Å². The van der Waals surface area contributed by atoms with E-state index >= 15 is 0 Å². The molecule has 4 nitrogen and oxygen atoms in total. The van der Waals surface area contributed by atoms with Crippen molar-refractivity contribution in [2.75, 3.05) is 10.6 Å². The first kappa shape index (κ1) is 13.1. The fraction of sp³-hybridized carbons (Fsp3) is 0.538. The standard InChI is InChI=1S/C13H17N3OS2/c1-9-7-10-8-14-13(19(2)17)15-12(10)16(18-9)11-5-3-4-6-11/h7-8,11H,3-6H2,1-2H3. The van der Waals surface area contributed by atoms with Crippen molar-refractivity contribution in [3.05, 3.63) is 16.7 Å². The lowest BCUT2D eigenvalue weighted by molar-refractivity contribution is 0.675. The van der Waals surface area contributed by atoms with E-state index in [-0.39, 0.29) is 0 Å². The average Bonchev–Trinajstić information content (AvgIpc) is 2.90. The van der Waals surface area contributed by atoms with Gasteiger partial charge in [-0.05, 0) is 37.8 Å². The summed E-state index contributed by atoms with van der Waals surface area (Å²) in [5, 5.41) is 0.426. The smallest absolute Gasteiger partial charge is 0.220 e. The molecule has 19 heavy (non-hydrogen) atoms. The number of nitrogens with zero attached hydrogens (tertiary/aromatic N) is 3. The molecule has 1 aromatic rings. The number of rotatable bonds is 2. The summed E-state index contributed by atoms with van der Waals surface area (Å²) in [6.07, 6.45) is 10.5. The SMILES string of the molecule is CC1=Cc2cnc(S(C)=O)nc2N(C2CCCC2)S1. The first-order chi connectivity index (χ1) is 9.15. The molecule has 3 rings (SSSR count). The highest BCUT2D eigenvalue weighted by molar-refractivity contribution is 8.04. The summed E-state index contributed by atoms with van der Waals surface area (Å²) in [6.45, 7) is 2.11. The summed E-state index contributed by atoms with van der Waals surface area (Å²) < 4.78 is 13.9. The Morgan fingerprint density at radius 1 is 1.42 bits per heavy atom. The minimum Gasteiger partial charge on any atom is -0.293 e. The molecule has 1 aromatic heterocycles. The van der Waals surface area contributed by atoms with Gasteiger partial charge in [-0.15, -0.1) is 0 Å². The first-order valence-electron chi connectivity index (χ1n) is 6.51. The van der Waals surface area contributed by atoms with Gasteiger partial charge in [0.05, 0.1) is 10.8 Å². The molecular formula is C13H17N3OS2. The van der Waals surface area contributed by atoms with Crippen LogP contribution < -0.4 is 4.31 Å². The van der Waals surface area contributed by atoms with Crippen LogP contribution in [0.4, 0.5) is 5.82 Å². The molecule has 1 aliphatic heterocycles. The maximum absolute atomic E-state index is 11.6. The van der Waals surface area contributed by atoms with Crippen LogP contribution in [0.2, 0.25) is 0 Å². The third-order valence-electron chi connectivity index (χ3n) is 3.50. The highest BCUT2D eigenvalue weighted by Crippen LogP contribution is 2.41. The minimum absolute atomic E-state index is 0.426. The molecule has 1 aliphatic carbocycles. The molecule has 0 saturated heterocycles. The van der Waals surface area contributed by atoms with Gasteiger partial charge in [-0.25, -0.2) is 9.97 Å². The number of hydrogen-bond acceptors (Lipinski definition) is 5. The Hall–Kier alpha value is -0.880. The number of hydrogen-bond donors (Lipinski definition) is 0. The van der Waals surface area contributed by atoms with E-state index in [1.807, 2.05) is 0 Å². The van der Waals surface area contributed by atoms with Crippen molar-refractivity contribution in [3.8, 4) is 0 Å². The Balaban J connectivity index is 2.03. The van der Waals surface area contributed by atoms with E-state index in [4.69, 9.17) is 0 Å². The van der Waals surface area contributed by atoms with Crippen LogP contribution in [0.3, 0.4) is 0 Å². The van der Waals surface area contributed by atoms with Crippen LogP contribution in [0.1, 0.15) is 38.2 Å². The van der Waals surface area contributed by atoms with Crippen molar-refractivity contribution in [2.24, 2.45) is 0 Å². The molecule has 1 saturated carbocycles. The van der Waals surface area contributed by atoms with Gasteiger partial charge < -0.3 is 0 Å². The largest absolute Gasteiger partial charge is 0.293 e. The molecule has 0 bridgehead atoms. The second-order valence-corrected chi connectivity index (χ2v) is 7.49. The van der Waals surface area contributed by atoms with Gasteiger partial charge in [0.1, 0.15) is 0 Å². The van der Waals surface area contributed by atoms with E-state index in [9.17, 15) is 4.21 Å². The molecule has 102 valence electrons. The zero-order valence-corrected chi connectivity index (χ0v) is 12.8. The third kappa shape index (κ3) is 2.56. The minimum atomic E-state index is -1.13. The van der Waals surface area contributed by atoms with Crippen LogP contribution in [-0.2, 0) is 10.8 Å². The molecule has 1 unspecified atom stereocenters. The van der Waals surface area contributed by atoms with Crippen molar-refractivity contribution in [2.45, 2.75) is 43.8 Å². The Morgan fingerprint density at radius 2 is 2.16 bits per heavy atom. The molecule has 1 atom stereocenters. The lowest BCUT2D eigenvalue weighted by atomic mass is 10.2. The Labute approximate surface area is 120 Å². The summed E-state index contributed by atoms with van der Waals surface area (Å²) in [5.41, 5.74) is 1.04. The van der Waals surface area contributed by atoms with Crippen LogP contribution in [0.25, 0.3) is 6.08 Å². The van der Waals surface area contributed by atoms with Crippen LogP contribution in [0.15, 0.2) is 16.3 Å². The maximum Gasteiger partial charge on any atom is 0.220 e. The van der Waals surface area contributed by atoms with Gasteiger partial charge in [0.25, 0.3) is 0 Å². The van der Waals surface area contributed by atoms with Gasteiger partial charge in [-0.2, -0.15) is 0 Å². The van der Waals surface area contributed by atoms with Crippen LogP contribution >= 0.6 is 11.9 Å². The van der Waals surface area contributed by atoms with Crippen LogP contribution in [-0.4, -0.2) is 26.5 Å². The monoisotopic (exact) mass is 295 g/mol. The van der Waals surface area contributed by atoms with Crippen LogP contribution in [0.5, 0.6) is 0 Å². The number of fused-ring (bicyclic) bond motifs is 1. The summed E-state index contributed by atoms with van der Waals surface area (Å²) in [5.74, 6) is 0.933. The van der Waals surface area contributed by atoms with Gasteiger partial charge in [0.15, 0.2) is 5.82 Å². The molecule has 0 aromatic carbocycles. The summed E-state index contributed by atoms with van der Waals surface area (Å²) in [7, 11) is -1.13. The zero-order chi connectivity index (χ0) is 13.4. The van der Waals surface area contributed by atoms with Gasteiger partial charge in [0.2, 0.25) is 5.16 Å². The molecule has 1 fully saturated rings. The van der Waals surface area contributed by atoms with Crippen molar-refractivity contribution in [3.63, 3.8) is 0 Å². The third-order valence-corrected chi connectivity index (χ3v) is 5.28. The number of allylic oxidation sites excluding steroid dienone is 1. The highest BCUT2D eigenvalue weighted by atomic mass is 32.2. The number of anilines is 1. The van der Waals surface area contributed by atoms with Crippen molar-refractivity contribution in [1.29, 1.82) is 0 Å². The highest BCUT2D eigenvalue weighted by Gasteiger charge is 2.29. The predicted molar refractivity (Wildman–Crippen MR) is 80.3 cm³/mol. The van der Waals surface area contributed by atoms with Crippen LogP contribution in [0, 0.1) is 0 Å². The normalized spacial score (nSPS) is 21.2. The van der Waals surface area contributed by atoms with E-state index in [0.717, 1.165) is 11.4 Å². The van der Waals surface area contributed by atoms with E-state index in [2.05, 4.69) is 27.3 Å². The maximum atomic E-state index is 11.6. The molecule has 0 spiro atoms. The fourth-order valence-electron chi connectivity index (χ4n) is 2.61. The Morgan fingerprint density at radius 3 is 2.84 bits per heavy atom. The molecule has 0 amide bonds. The van der Waals surface area contributed by atoms with Crippen molar-refractivity contribution >= 4 is 34.6 Å². The van der Waals surface area contributed by atoms with Gasteiger partial charge >= 0.3 is 0 Å². The molecule has 2 aliphatic rings. The average molecular weight is 295 g/mol. The molecule has 0 N–H and O–H groups in total. The van der Waals surface area contributed by atoms with E-state index in [0.29, 0.717) is 11.2 Å². The van der Waals surface area contributed by atoms with Crippen molar-refractivity contribution < 1.29 is 4.21 Å². The molecule has 0 radical (unpaired) electrons. The molecular weight excluding hydrogens is 278 g/mol. The fourth-order valence-corrected chi connectivity index (χ4v) is 4.11. The molecule has 6 heteroatoms. The predicted octanol–water partition coefficient (Wildman–Crippen LogP) is 2.99. The molecule has 2 heterocycles. The summed E-state index contributed by atoms with van der Waals surface area (Å²) in [6, 6.07) is 0.542. The Kier molecular flexibility index (Phi) is 3.62. The van der Waals surface area contributed by atoms with Gasteiger partial charge in [0, 0.05) is 29.0 Å². The second-order valence-electron chi connectivity index (χ2n) is 5.00. The quantitative estimate of drug-likeness (QED) is 0.620. The Bertz CT molecular complexity index is 553. The van der Waals surface area contributed by atoms with E-state index < -0.39 is 10.8 Å². The summed E-state index contributed by atoms with van der Waals surface area (Å²) in [4.78, 5) is 9.98. The topological polar surface area (TPSA) is 46.1 Å². The number of aromatic nitrogens is 2. The summed E-state index contributed by atoms with van der Waals surface area (Å²) >= 11 is 1.75. The zero-order valence-electron chi connectivity index (χ0n) is 11.1. The van der Waals surface area contributed by atoms with E-state index in [1.165, 1.54) is 30.6 Å².